The molecule has 0 aromatic heterocycles. The molecule has 5 nitrogen and oxygen atoms in total. The highest BCUT2D eigenvalue weighted by Gasteiger charge is 2.38. The van der Waals surface area contributed by atoms with Crippen LogP contribution in [0.4, 0.5) is 11.4 Å². The van der Waals surface area contributed by atoms with E-state index in [-0.39, 0.29) is 23.5 Å². The molecule has 0 spiro atoms. The molecule has 0 saturated carbocycles. The highest BCUT2D eigenvalue weighted by atomic mass is 32.2. The minimum atomic E-state index is -3.05. The Balaban J connectivity index is 1.90. The van der Waals surface area contributed by atoms with Gasteiger partial charge >= 0.3 is 0 Å². The fourth-order valence-corrected chi connectivity index (χ4v) is 4.90. The summed E-state index contributed by atoms with van der Waals surface area (Å²) in [5.74, 6) is 0.0512. The van der Waals surface area contributed by atoms with Crippen molar-refractivity contribution in [3.63, 3.8) is 0 Å². The summed E-state index contributed by atoms with van der Waals surface area (Å²) in [7, 11) is -3.05. The number of fused-ring (bicyclic) bond motifs is 1. The second-order valence-electron chi connectivity index (χ2n) is 6.56. The zero-order valence-corrected chi connectivity index (χ0v) is 13.8. The van der Waals surface area contributed by atoms with Gasteiger partial charge in [-0.05, 0) is 24.5 Å². The van der Waals surface area contributed by atoms with Crippen LogP contribution in [0.25, 0.3) is 0 Å². The van der Waals surface area contributed by atoms with E-state index >= 15 is 0 Å². The quantitative estimate of drug-likeness (QED) is 0.903. The summed E-state index contributed by atoms with van der Waals surface area (Å²) < 4.78 is 23.3. The SMILES string of the molecule is CC(C)[C@H]1CN(C(=O)[C@H]2CCS(=O)(=O)C2)c2ccccc2N1. The Morgan fingerprint density at radius 1 is 1.32 bits per heavy atom. The minimum absolute atomic E-state index is 0.00965. The van der Waals surface area contributed by atoms with Gasteiger partial charge in [0.2, 0.25) is 5.91 Å². The number of carbonyl (C=O) groups excluding carboxylic acids is 1. The number of hydrogen-bond acceptors (Lipinski definition) is 4. The number of sulfone groups is 1. The highest BCUT2D eigenvalue weighted by molar-refractivity contribution is 7.91. The van der Waals surface area contributed by atoms with Crippen molar-refractivity contribution < 1.29 is 13.2 Å². The van der Waals surface area contributed by atoms with Crippen LogP contribution < -0.4 is 10.2 Å². The molecule has 0 radical (unpaired) electrons. The van der Waals surface area contributed by atoms with Crippen LogP contribution in [0.15, 0.2) is 24.3 Å². The molecule has 0 aliphatic carbocycles. The average molecular weight is 322 g/mol. The topological polar surface area (TPSA) is 66.5 Å². The maximum atomic E-state index is 12.9. The van der Waals surface area contributed by atoms with Gasteiger partial charge in [0.15, 0.2) is 9.84 Å². The summed E-state index contributed by atoms with van der Waals surface area (Å²) in [6.45, 7) is 4.83. The van der Waals surface area contributed by atoms with Crippen molar-refractivity contribution in [2.24, 2.45) is 11.8 Å². The van der Waals surface area contributed by atoms with Gasteiger partial charge in [-0.15, -0.1) is 0 Å². The molecule has 2 heterocycles. The Labute approximate surface area is 131 Å². The monoisotopic (exact) mass is 322 g/mol. The number of anilines is 2. The maximum absolute atomic E-state index is 12.9. The van der Waals surface area contributed by atoms with E-state index in [1.54, 1.807) is 4.90 Å². The molecule has 120 valence electrons. The second kappa shape index (κ2) is 5.57. The molecule has 6 heteroatoms. The molecule has 2 aliphatic heterocycles. The lowest BCUT2D eigenvalue weighted by molar-refractivity contribution is -0.121. The van der Waals surface area contributed by atoms with Crippen molar-refractivity contribution in [3.8, 4) is 0 Å². The Morgan fingerprint density at radius 2 is 2.05 bits per heavy atom. The van der Waals surface area contributed by atoms with Crippen LogP contribution >= 0.6 is 0 Å². The van der Waals surface area contributed by atoms with Gasteiger partial charge in [-0.3, -0.25) is 4.79 Å². The molecule has 0 bridgehead atoms. The molecule has 1 N–H and O–H groups in total. The number of rotatable bonds is 2. The van der Waals surface area contributed by atoms with Gasteiger partial charge in [-0.1, -0.05) is 26.0 Å². The first-order valence-corrected chi connectivity index (χ1v) is 9.57. The van der Waals surface area contributed by atoms with Crippen LogP contribution in [0, 0.1) is 11.8 Å². The van der Waals surface area contributed by atoms with Gasteiger partial charge < -0.3 is 10.2 Å². The first-order chi connectivity index (χ1) is 10.4. The van der Waals surface area contributed by atoms with Crippen LogP contribution in [0.3, 0.4) is 0 Å². The third-order valence-electron chi connectivity index (χ3n) is 4.57. The number of nitrogens with one attached hydrogen (secondary N) is 1. The maximum Gasteiger partial charge on any atom is 0.231 e. The van der Waals surface area contributed by atoms with Gasteiger partial charge in [-0.2, -0.15) is 0 Å². The van der Waals surface area contributed by atoms with E-state index in [0.29, 0.717) is 18.9 Å². The fourth-order valence-electron chi connectivity index (χ4n) is 3.17. The zero-order valence-electron chi connectivity index (χ0n) is 13.0. The van der Waals surface area contributed by atoms with Crippen molar-refractivity contribution in [1.82, 2.24) is 0 Å². The number of nitrogens with zero attached hydrogens (tertiary/aromatic N) is 1. The molecule has 1 amide bonds. The number of amides is 1. The summed E-state index contributed by atoms with van der Waals surface area (Å²) in [5, 5.41) is 3.48. The van der Waals surface area contributed by atoms with Gasteiger partial charge in [0.1, 0.15) is 0 Å². The van der Waals surface area contributed by atoms with E-state index in [2.05, 4.69) is 19.2 Å². The standard InChI is InChI=1S/C16H22N2O3S/c1-11(2)14-9-18(15-6-4-3-5-13(15)17-14)16(19)12-7-8-22(20,21)10-12/h3-6,11-12,14,17H,7-10H2,1-2H3/t12-,14+/m0/s1. The Kier molecular flexibility index (Phi) is 3.89. The molecule has 1 aromatic carbocycles. The van der Waals surface area contributed by atoms with E-state index in [1.807, 2.05) is 24.3 Å². The third-order valence-corrected chi connectivity index (χ3v) is 6.34. The van der Waals surface area contributed by atoms with Crippen LogP contribution in [0.2, 0.25) is 0 Å². The fraction of sp³-hybridized carbons (Fsp3) is 0.562. The first kappa shape index (κ1) is 15.3. The molecular formula is C16H22N2O3S. The molecule has 3 rings (SSSR count). The van der Waals surface area contributed by atoms with Gasteiger partial charge in [-0.25, -0.2) is 8.42 Å². The average Bonchev–Trinajstić information content (AvgIpc) is 2.85. The smallest absolute Gasteiger partial charge is 0.231 e. The summed E-state index contributed by atoms with van der Waals surface area (Å²) in [5.41, 5.74) is 1.80. The summed E-state index contributed by atoms with van der Waals surface area (Å²) in [6.07, 6.45) is 0.444. The number of hydrogen-bond donors (Lipinski definition) is 1. The van der Waals surface area contributed by atoms with E-state index in [1.165, 1.54) is 0 Å². The van der Waals surface area contributed by atoms with E-state index in [9.17, 15) is 13.2 Å². The van der Waals surface area contributed by atoms with Crippen LogP contribution in [0.1, 0.15) is 20.3 Å². The summed E-state index contributed by atoms with van der Waals surface area (Å²) in [6, 6.07) is 7.91. The van der Waals surface area contributed by atoms with Crippen LogP contribution in [-0.2, 0) is 14.6 Å². The molecule has 2 atom stereocenters. The Hall–Kier alpha value is -1.56. The molecule has 1 fully saturated rings. The lowest BCUT2D eigenvalue weighted by Gasteiger charge is -2.38. The number of para-hydroxylation sites is 2. The molecule has 2 aliphatic rings. The van der Waals surface area contributed by atoms with E-state index in [4.69, 9.17) is 0 Å². The molecular weight excluding hydrogens is 300 g/mol. The first-order valence-electron chi connectivity index (χ1n) is 7.75. The Bertz CT molecular complexity index is 684. The Morgan fingerprint density at radius 3 is 2.68 bits per heavy atom. The van der Waals surface area contributed by atoms with Crippen molar-refractivity contribution in [3.05, 3.63) is 24.3 Å². The van der Waals surface area contributed by atoms with Crippen LogP contribution in [0.5, 0.6) is 0 Å². The number of benzene rings is 1. The minimum Gasteiger partial charge on any atom is -0.379 e. The summed E-state index contributed by atoms with van der Waals surface area (Å²) >= 11 is 0. The van der Waals surface area contributed by atoms with Crippen molar-refractivity contribution in [2.75, 3.05) is 28.3 Å². The normalized spacial score (nSPS) is 26.6. The van der Waals surface area contributed by atoms with Gasteiger partial charge in [0.25, 0.3) is 0 Å². The molecule has 0 unspecified atom stereocenters. The highest BCUT2D eigenvalue weighted by Crippen LogP contribution is 2.34. The van der Waals surface area contributed by atoms with Crippen molar-refractivity contribution >= 4 is 27.1 Å². The summed E-state index contributed by atoms with van der Waals surface area (Å²) in [4.78, 5) is 14.6. The predicted molar refractivity (Wildman–Crippen MR) is 87.8 cm³/mol. The van der Waals surface area contributed by atoms with Crippen LogP contribution in [-0.4, -0.2) is 38.4 Å². The zero-order chi connectivity index (χ0) is 15.9. The lowest BCUT2D eigenvalue weighted by atomic mass is 9.98. The van der Waals surface area contributed by atoms with Crippen molar-refractivity contribution in [1.29, 1.82) is 0 Å². The predicted octanol–water partition coefficient (Wildman–Crippen LogP) is 1.90. The van der Waals surface area contributed by atoms with E-state index in [0.717, 1.165) is 11.4 Å². The van der Waals surface area contributed by atoms with Crippen molar-refractivity contribution in [2.45, 2.75) is 26.3 Å². The molecule has 1 aromatic rings. The largest absolute Gasteiger partial charge is 0.379 e. The lowest BCUT2D eigenvalue weighted by Crippen LogP contribution is -2.49. The van der Waals surface area contributed by atoms with Gasteiger partial charge in [0, 0.05) is 12.6 Å². The molecule has 22 heavy (non-hydrogen) atoms. The number of carbonyl (C=O) groups is 1. The second-order valence-corrected chi connectivity index (χ2v) is 8.79. The third kappa shape index (κ3) is 2.84. The molecule has 1 saturated heterocycles. The van der Waals surface area contributed by atoms with E-state index < -0.39 is 15.8 Å². The van der Waals surface area contributed by atoms with Gasteiger partial charge in [0.05, 0.1) is 28.8 Å².